The van der Waals surface area contributed by atoms with Gasteiger partial charge in [-0.15, -0.1) is 0 Å². The maximum absolute atomic E-state index is 12.5. The lowest BCUT2D eigenvalue weighted by Gasteiger charge is -2.43. The van der Waals surface area contributed by atoms with E-state index in [4.69, 9.17) is 5.73 Å². The van der Waals surface area contributed by atoms with Crippen LogP contribution in [0.4, 0.5) is 5.69 Å². The summed E-state index contributed by atoms with van der Waals surface area (Å²) in [6.07, 6.45) is 1.72. The Balaban J connectivity index is 1.77. The van der Waals surface area contributed by atoms with Crippen LogP contribution in [0, 0.1) is 0 Å². The van der Waals surface area contributed by atoms with Gasteiger partial charge in [0.1, 0.15) is 5.54 Å². The Morgan fingerprint density at radius 3 is 2.57 bits per heavy atom. The highest BCUT2D eigenvalue weighted by atomic mass is 16.2. The van der Waals surface area contributed by atoms with E-state index >= 15 is 0 Å². The number of carbonyl (C=O) groups excluding carboxylic acids is 1. The highest BCUT2D eigenvalue weighted by Gasteiger charge is 2.50. The van der Waals surface area contributed by atoms with E-state index in [2.05, 4.69) is 27.2 Å². The summed E-state index contributed by atoms with van der Waals surface area (Å²) in [4.78, 5) is 17.1. The molecule has 2 heterocycles. The Kier molecular flexibility index (Phi) is 3.87. The molecule has 0 saturated carbocycles. The van der Waals surface area contributed by atoms with E-state index in [9.17, 15) is 4.79 Å². The maximum Gasteiger partial charge on any atom is 0.247 e. The van der Waals surface area contributed by atoms with Crippen molar-refractivity contribution in [3.05, 3.63) is 30.3 Å². The van der Waals surface area contributed by atoms with Gasteiger partial charge < -0.3 is 20.9 Å². The molecule has 1 atom stereocenters. The highest BCUT2D eigenvalue weighted by molar-refractivity contribution is 5.93. The highest BCUT2D eigenvalue weighted by Crippen LogP contribution is 2.35. The SMILES string of the molecule is CC(N)CN1CCC2(CC1)C(=O)NCN2c1ccccc1. The number of carbonyl (C=O) groups is 1. The molecule has 1 aromatic rings. The zero-order valence-corrected chi connectivity index (χ0v) is 12.6. The quantitative estimate of drug-likeness (QED) is 0.862. The zero-order chi connectivity index (χ0) is 14.9. The summed E-state index contributed by atoms with van der Waals surface area (Å²) in [7, 11) is 0. The minimum atomic E-state index is -0.379. The first-order valence-electron chi connectivity index (χ1n) is 7.71. The summed E-state index contributed by atoms with van der Waals surface area (Å²) in [5.74, 6) is 0.173. The van der Waals surface area contributed by atoms with Crippen molar-refractivity contribution in [3.8, 4) is 0 Å². The first-order valence-corrected chi connectivity index (χ1v) is 7.71. The first-order chi connectivity index (χ1) is 10.1. The average molecular weight is 288 g/mol. The molecular formula is C16H24N4O. The normalized spacial score (nSPS) is 23.3. The predicted molar refractivity (Wildman–Crippen MR) is 84.0 cm³/mol. The van der Waals surface area contributed by atoms with Gasteiger partial charge in [-0.05, 0) is 31.9 Å². The summed E-state index contributed by atoms with van der Waals surface area (Å²) < 4.78 is 0. The van der Waals surface area contributed by atoms with Crippen LogP contribution in [-0.4, -0.2) is 48.7 Å². The molecule has 1 aromatic carbocycles. The molecule has 3 rings (SSSR count). The minimum absolute atomic E-state index is 0.173. The van der Waals surface area contributed by atoms with Crippen molar-refractivity contribution >= 4 is 11.6 Å². The van der Waals surface area contributed by atoms with Crippen LogP contribution < -0.4 is 16.0 Å². The van der Waals surface area contributed by atoms with Gasteiger partial charge in [0.15, 0.2) is 0 Å². The Hall–Kier alpha value is -1.59. The lowest BCUT2D eigenvalue weighted by molar-refractivity contribution is -0.125. The molecule has 1 amide bonds. The number of likely N-dealkylation sites (tertiary alicyclic amines) is 1. The first kappa shape index (κ1) is 14.4. The van der Waals surface area contributed by atoms with Crippen LogP contribution in [0.2, 0.25) is 0 Å². The number of nitrogens with two attached hydrogens (primary N) is 1. The van der Waals surface area contributed by atoms with Gasteiger partial charge in [-0.2, -0.15) is 0 Å². The zero-order valence-electron chi connectivity index (χ0n) is 12.6. The number of nitrogens with zero attached hydrogens (tertiary/aromatic N) is 2. The van der Waals surface area contributed by atoms with Gasteiger partial charge in [0.25, 0.3) is 0 Å². The standard InChI is InChI=1S/C16H24N4O/c1-13(17)11-19-9-7-16(8-10-19)15(21)18-12-20(16)14-5-3-2-4-6-14/h2-6,13H,7-12,17H2,1H3,(H,18,21). The molecule has 5 nitrogen and oxygen atoms in total. The third-order valence-electron chi connectivity index (χ3n) is 4.63. The lowest BCUT2D eigenvalue weighted by Crippen LogP contribution is -2.57. The number of hydrogen-bond donors (Lipinski definition) is 2. The smallest absolute Gasteiger partial charge is 0.247 e. The van der Waals surface area contributed by atoms with Gasteiger partial charge >= 0.3 is 0 Å². The van der Waals surface area contributed by atoms with E-state index in [1.165, 1.54) is 0 Å². The number of benzene rings is 1. The lowest BCUT2D eigenvalue weighted by atomic mass is 9.85. The van der Waals surface area contributed by atoms with E-state index in [1.807, 2.05) is 25.1 Å². The van der Waals surface area contributed by atoms with Crippen molar-refractivity contribution in [2.45, 2.75) is 31.3 Å². The summed E-state index contributed by atoms with van der Waals surface area (Å²) in [5.41, 5.74) is 6.62. The Labute approximate surface area is 126 Å². The van der Waals surface area contributed by atoms with Gasteiger partial charge in [0, 0.05) is 31.4 Å². The number of para-hydroxylation sites is 1. The van der Waals surface area contributed by atoms with E-state index in [1.54, 1.807) is 0 Å². The van der Waals surface area contributed by atoms with Crippen LogP contribution in [0.15, 0.2) is 30.3 Å². The van der Waals surface area contributed by atoms with Crippen LogP contribution in [0.1, 0.15) is 19.8 Å². The molecule has 2 fully saturated rings. The molecule has 0 radical (unpaired) electrons. The molecule has 0 bridgehead atoms. The molecule has 2 aliphatic heterocycles. The molecular weight excluding hydrogens is 264 g/mol. The Bertz CT molecular complexity index is 494. The Morgan fingerprint density at radius 1 is 1.29 bits per heavy atom. The van der Waals surface area contributed by atoms with Crippen molar-refractivity contribution < 1.29 is 4.79 Å². The van der Waals surface area contributed by atoms with Crippen molar-refractivity contribution in [1.29, 1.82) is 0 Å². The van der Waals surface area contributed by atoms with Gasteiger partial charge in [-0.3, -0.25) is 4.79 Å². The van der Waals surface area contributed by atoms with Gasteiger partial charge in [0.2, 0.25) is 5.91 Å². The molecule has 3 N–H and O–H groups in total. The topological polar surface area (TPSA) is 61.6 Å². The largest absolute Gasteiger partial charge is 0.339 e. The summed E-state index contributed by atoms with van der Waals surface area (Å²) in [6, 6.07) is 10.4. The summed E-state index contributed by atoms with van der Waals surface area (Å²) in [5, 5.41) is 3.03. The summed E-state index contributed by atoms with van der Waals surface area (Å²) >= 11 is 0. The maximum atomic E-state index is 12.5. The molecule has 114 valence electrons. The molecule has 1 spiro atoms. The number of hydrogen-bond acceptors (Lipinski definition) is 4. The number of rotatable bonds is 3. The molecule has 0 aromatic heterocycles. The predicted octanol–water partition coefficient (Wildman–Crippen LogP) is 0.762. The average Bonchev–Trinajstić information content (AvgIpc) is 2.79. The fraction of sp³-hybridized carbons (Fsp3) is 0.562. The van der Waals surface area contributed by atoms with E-state index in [-0.39, 0.29) is 17.5 Å². The minimum Gasteiger partial charge on any atom is -0.339 e. The monoisotopic (exact) mass is 288 g/mol. The van der Waals surface area contributed by atoms with Crippen molar-refractivity contribution in [1.82, 2.24) is 10.2 Å². The second kappa shape index (κ2) is 5.66. The summed E-state index contributed by atoms with van der Waals surface area (Å²) in [6.45, 7) is 5.40. The van der Waals surface area contributed by atoms with Gasteiger partial charge in [-0.25, -0.2) is 0 Å². The van der Waals surface area contributed by atoms with Crippen molar-refractivity contribution in [3.63, 3.8) is 0 Å². The van der Waals surface area contributed by atoms with Crippen LogP contribution in [0.25, 0.3) is 0 Å². The molecule has 2 aliphatic rings. The van der Waals surface area contributed by atoms with Gasteiger partial charge in [0.05, 0.1) is 6.67 Å². The number of anilines is 1. The fourth-order valence-corrected chi connectivity index (χ4v) is 3.55. The van der Waals surface area contributed by atoms with Crippen LogP contribution in [0.3, 0.4) is 0 Å². The molecule has 1 unspecified atom stereocenters. The molecule has 2 saturated heterocycles. The molecule has 0 aliphatic carbocycles. The van der Waals surface area contributed by atoms with Crippen LogP contribution >= 0.6 is 0 Å². The number of amides is 1. The van der Waals surface area contributed by atoms with E-state index in [0.29, 0.717) is 6.67 Å². The second-order valence-electron chi connectivity index (χ2n) is 6.24. The number of nitrogens with one attached hydrogen (secondary N) is 1. The second-order valence-corrected chi connectivity index (χ2v) is 6.24. The van der Waals surface area contributed by atoms with E-state index < -0.39 is 0 Å². The third kappa shape index (κ3) is 2.63. The van der Waals surface area contributed by atoms with Crippen molar-refractivity contribution in [2.75, 3.05) is 31.2 Å². The van der Waals surface area contributed by atoms with Gasteiger partial charge in [-0.1, -0.05) is 18.2 Å². The van der Waals surface area contributed by atoms with Crippen LogP contribution in [0.5, 0.6) is 0 Å². The Morgan fingerprint density at radius 2 is 1.95 bits per heavy atom. The van der Waals surface area contributed by atoms with Crippen LogP contribution in [-0.2, 0) is 4.79 Å². The van der Waals surface area contributed by atoms with Crippen molar-refractivity contribution in [2.24, 2.45) is 5.73 Å². The third-order valence-corrected chi connectivity index (χ3v) is 4.63. The number of piperidine rings is 1. The molecule has 21 heavy (non-hydrogen) atoms. The molecule has 5 heteroatoms. The van der Waals surface area contributed by atoms with E-state index in [0.717, 1.165) is 38.2 Å². The fourth-order valence-electron chi connectivity index (χ4n) is 3.55.